The van der Waals surface area contributed by atoms with Gasteiger partial charge in [0, 0.05) is 30.3 Å². The first-order valence-electron chi connectivity index (χ1n) is 10.6. The highest BCUT2D eigenvalue weighted by Gasteiger charge is 2.20. The van der Waals surface area contributed by atoms with Crippen LogP contribution in [-0.4, -0.2) is 54.4 Å². The number of anilines is 2. The molecule has 0 atom stereocenters. The Morgan fingerprint density at radius 3 is 2.46 bits per heavy atom. The molecule has 0 aliphatic heterocycles. The van der Waals surface area contributed by atoms with Gasteiger partial charge in [-0.1, -0.05) is 40.9 Å². The van der Waals surface area contributed by atoms with Gasteiger partial charge in [-0.3, -0.25) is 14.4 Å². The molecule has 35 heavy (non-hydrogen) atoms. The maximum absolute atomic E-state index is 12.9. The highest BCUT2D eigenvalue weighted by molar-refractivity contribution is 7.13. The van der Waals surface area contributed by atoms with Gasteiger partial charge in [-0.05, 0) is 37.3 Å². The molecule has 0 saturated carbocycles. The summed E-state index contributed by atoms with van der Waals surface area (Å²) in [5.74, 6) is -1.03. The van der Waals surface area contributed by atoms with Crippen molar-refractivity contribution in [2.45, 2.75) is 13.3 Å². The fraction of sp³-hybridized carbons (Fsp3) is 0.250. The van der Waals surface area contributed by atoms with Crippen molar-refractivity contribution in [2.24, 2.45) is 0 Å². The SMILES string of the molecule is COCCN(CC(=O)Nc1nc(CC(=O)Nc2ccc(C)cc2)cs1)C(=O)c1ccc(Cl)c(Cl)c1. The Morgan fingerprint density at radius 2 is 1.77 bits per heavy atom. The smallest absolute Gasteiger partial charge is 0.254 e. The minimum absolute atomic E-state index is 0.0655. The van der Waals surface area contributed by atoms with Crippen molar-refractivity contribution in [3.8, 4) is 0 Å². The predicted molar refractivity (Wildman–Crippen MR) is 138 cm³/mol. The second-order valence-electron chi connectivity index (χ2n) is 7.63. The first-order chi connectivity index (χ1) is 16.7. The minimum Gasteiger partial charge on any atom is -0.383 e. The number of ether oxygens (including phenoxy) is 1. The van der Waals surface area contributed by atoms with Crippen LogP contribution in [0.15, 0.2) is 47.8 Å². The highest BCUT2D eigenvalue weighted by atomic mass is 35.5. The van der Waals surface area contributed by atoms with Crippen molar-refractivity contribution < 1.29 is 19.1 Å². The highest BCUT2D eigenvalue weighted by Crippen LogP contribution is 2.23. The number of methoxy groups -OCH3 is 1. The average molecular weight is 535 g/mol. The zero-order valence-corrected chi connectivity index (χ0v) is 21.5. The normalized spacial score (nSPS) is 10.6. The summed E-state index contributed by atoms with van der Waals surface area (Å²) in [6, 6.07) is 12.0. The molecule has 0 bridgehead atoms. The van der Waals surface area contributed by atoms with Gasteiger partial charge in [0.2, 0.25) is 11.8 Å². The number of nitrogens with zero attached hydrogens (tertiary/aromatic N) is 2. The summed E-state index contributed by atoms with van der Waals surface area (Å²) in [4.78, 5) is 43.5. The van der Waals surface area contributed by atoms with Crippen LogP contribution in [0.5, 0.6) is 0 Å². The second kappa shape index (κ2) is 12.6. The Morgan fingerprint density at radius 1 is 1.03 bits per heavy atom. The standard InChI is InChI=1S/C24H24Cl2N4O4S/c1-15-3-6-17(7-4-15)27-21(31)12-18-14-35-24(28-18)29-22(32)13-30(9-10-34-2)23(33)16-5-8-19(25)20(26)11-16/h3-8,11,14H,9-10,12-13H2,1-2H3,(H,27,31)(H,28,29,32). The summed E-state index contributed by atoms with van der Waals surface area (Å²) in [7, 11) is 1.51. The van der Waals surface area contributed by atoms with Gasteiger partial charge in [-0.2, -0.15) is 0 Å². The number of hydrogen-bond acceptors (Lipinski definition) is 6. The molecule has 2 aromatic carbocycles. The third-order valence-corrected chi connectivity index (χ3v) is 6.37. The molecule has 0 saturated heterocycles. The van der Waals surface area contributed by atoms with Crippen LogP contribution >= 0.6 is 34.5 Å². The van der Waals surface area contributed by atoms with Crippen LogP contribution in [0.3, 0.4) is 0 Å². The molecule has 0 spiro atoms. The molecule has 3 rings (SSSR count). The number of halogens is 2. The number of aryl methyl sites for hydroxylation is 1. The van der Waals surface area contributed by atoms with Crippen LogP contribution in [0.25, 0.3) is 0 Å². The van der Waals surface area contributed by atoms with E-state index in [0.717, 1.165) is 5.56 Å². The van der Waals surface area contributed by atoms with Crippen LogP contribution in [-0.2, 0) is 20.7 Å². The number of amides is 3. The maximum atomic E-state index is 12.9. The van der Waals surface area contributed by atoms with E-state index in [4.69, 9.17) is 27.9 Å². The number of benzene rings is 2. The molecule has 11 heteroatoms. The Labute approximate surface area is 217 Å². The molecule has 3 amide bonds. The van der Waals surface area contributed by atoms with Gasteiger partial charge in [0.1, 0.15) is 6.54 Å². The quantitative estimate of drug-likeness (QED) is 0.393. The molecular formula is C24H24Cl2N4O4S. The van der Waals surface area contributed by atoms with Crippen molar-refractivity contribution in [1.29, 1.82) is 0 Å². The van der Waals surface area contributed by atoms with E-state index in [9.17, 15) is 14.4 Å². The molecule has 1 heterocycles. The summed E-state index contributed by atoms with van der Waals surface area (Å²) in [5.41, 5.74) is 2.63. The number of hydrogen-bond donors (Lipinski definition) is 2. The summed E-state index contributed by atoms with van der Waals surface area (Å²) in [6.45, 7) is 2.20. The van der Waals surface area contributed by atoms with E-state index in [0.29, 0.717) is 27.1 Å². The van der Waals surface area contributed by atoms with Crippen LogP contribution in [0.1, 0.15) is 21.6 Å². The Balaban J connectivity index is 1.58. The van der Waals surface area contributed by atoms with Gasteiger partial charge >= 0.3 is 0 Å². The zero-order chi connectivity index (χ0) is 25.4. The van der Waals surface area contributed by atoms with E-state index in [1.54, 1.807) is 11.4 Å². The maximum Gasteiger partial charge on any atom is 0.254 e. The lowest BCUT2D eigenvalue weighted by Gasteiger charge is -2.22. The Bertz CT molecular complexity index is 1200. The van der Waals surface area contributed by atoms with Crippen molar-refractivity contribution in [1.82, 2.24) is 9.88 Å². The molecule has 0 radical (unpaired) electrons. The fourth-order valence-corrected chi connectivity index (χ4v) is 4.07. The van der Waals surface area contributed by atoms with Gasteiger partial charge in [-0.15, -0.1) is 11.3 Å². The molecule has 0 aliphatic rings. The Kier molecular flexibility index (Phi) is 9.62. The molecule has 1 aromatic heterocycles. The lowest BCUT2D eigenvalue weighted by molar-refractivity contribution is -0.117. The number of aromatic nitrogens is 1. The second-order valence-corrected chi connectivity index (χ2v) is 9.30. The van der Waals surface area contributed by atoms with E-state index in [2.05, 4.69) is 15.6 Å². The van der Waals surface area contributed by atoms with Crippen molar-refractivity contribution >= 4 is 63.1 Å². The van der Waals surface area contributed by atoms with Gasteiger partial charge in [-0.25, -0.2) is 4.98 Å². The number of rotatable bonds is 10. The molecule has 0 fully saturated rings. The van der Waals surface area contributed by atoms with Gasteiger partial charge < -0.3 is 20.3 Å². The fourth-order valence-electron chi connectivity index (χ4n) is 3.05. The van der Waals surface area contributed by atoms with Crippen LogP contribution in [0.4, 0.5) is 10.8 Å². The van der Waals surface area contributed by atoms with Gasteiger partial charge in [0.25, 0.3) is 5.91 Å². The molecule has 0 aliphatic carbocycles. The van der Waals surface area contributed by atoms with Crippen LogP contribution in [0, 0.1) is 6.92 Å². The van der Waals surface area contributed by atoms with E-state index in [-0.39, 0.29) is 43.0 Å². The molecule has 8 nitrogen and oxygen atoms in total. The number of nitrogens with one attached hydrogen (secondary N) is 2. The lowest BCUT2D eigenvalue weighted by Crippen LogP contribution is -2.40. The molecule has 3 aromatic rings. The molecular weight excluding hydrogens is 511 g/mol. The monoisotopic (exact) mass is 534 g/mol. The van der Waals surface area contributed by atoms with Crippen LogP contribution < -0.4 is 10.6 Å². The molecule has 0 unspecified atom stereocenters. The summed E-state index contributed by atoms with van der Waals surface area (Å²) >= 11 is 13.2. The summed E-state index contributed by atoms with van der Waals surface area (Å²) in [6.07, 6.45) is 0.0655. The zero-order valence-electron chi connectivity index (χ0n) is 19.1. The lowest BCUT2D eigenvalue weighted by atomic mass is 10.2. The van der Waals surface area contributed by atoms with Crippen molar-refractivity contribution in [2.75, 3.05) is 37.4 Å². The topological polar surface area (TPSA) is 101 Å². The van der Waals surface area contributed by atoms with E-state index >= 15 is 0 Å². The predicted octanol–water partition coefficient (Wildman–Crippen LogP) is 4.67. The summed E-state index contributed by atoms with van der Waals surface area (Å²) < 4.78 is 5.07. The first-order valence-corrected chi connectivity index (χ1v) is 12.2. The van der Waals surface area contributed by atoms with E-state index in [1.165, 1.54) is 35.5 Å². The number of carbonyl (C=O) groups excluding carboxylic acids is 3. The molecule has 2 N–H and O–H groups in total. The third kappa shape index (κ3) is 8.03. The van der Waals surface area contributed by atoms with E-state index < -0.39 is 5.91 Å². The van der Waals surface area contributed by atoms with E-state index in [1.807, 2.05) is 31.2 Å². The minimum atomic E-state index is -0.431. The van der Waals surface area contributed by atoms with Crippen molar-refractivity contribution in [3.63, 3.8) is 0 Å². The summed E-state index contributed by atoms with van der Waals surface area (Å²) in [5, 5.41) is 8.11. The third-order valence-electron chi connectivity index (χ3n) is 4.83. The number of thiazole rings is 1. The Hall–Kier alpha value is -2.98. The number of carbonyl (C=O) groups is 3. The van der Waals surface area contributed by atoms with Crippen molar-refractivity contribution in [3.05, 3.63) is 74.7 Å². The largest absolute Gasteiger partial charge is 0.383 e. The average Bonchev–Trinajstić information content (AvgIpc) is 3.25. The molecule has 184 valence electrons. The van der Waals surface area contributed by atoms with Crippen LogP contribution in [0.2, 0.25) is 10.0 Å². The first kappa shape index (κ1) is 26.6. The van der Waals surface area contributed by atoms with Gasteiger partial charge in [0.05, 0.1) is 28.8 Å². The van der Waals surface area contributed by atoms with Gasteiger partial charge in [0.15, 0.2) is 5.13 Å².